The molecule has 1 aromatic rings. The summed E-state index contributed by atoms with van der Waals surface area (Å²) < 4.78 is 22.2. The Bertz CT molecular complexity index is 737. The van der Waals surface area contributed by atoms with Crippen LogP contribution in [-0.4, -0.2) is 46.2 Å². The Morgan fingerprint density at radius 1 is 1.32 bits per heavy atom. The predicted octanol–water partition coefficient (Wildman–Crippen LogP) is 1.63. The Kier molecular flexibility index (Phi) is 5.96. The number of fused-ring (bicyclic) bond motifs is 1. The smallest absolute Gasteiger partial charge is 0.340 e. The van der Waals surface area contributed by atoms with Crippen LogP contribution in [0.1, 0.15) is 13.8 Å². The molecule has 11 heteroatoms. The van der Waals surface area contributed by atoms with E-state index in [1.807, 2.05) is 0 Å². The predicted molar refractivity (Wildman–Crippen MR) is 88.9 cm³/mol. The Labute approximate surface area is 150 Å². The van der Waals surface area contributed by atoms with Crippen LogP contribution in [-0.2, 0) is 29.9 Å². The van der Waals surface area contributed by atoms with Crippen molar-refractivity contribution in [3.63, 3.8) is 0 Å². The fourth-order valence-corrected chi connectivity index (χ4v) is 4.07. The molecule has 0 spiro atoms. The van der Waals surface area contributed by atoms with Gasteiger partial charge >= 0.3 is 11.9 Å². The van der Waals surface area contributed by atoms with E-state index in [0.29, 0.717) is 0 Å². The fourth-order valence-electron chi connectivity index (χ4n) is 2.41. The lowest BCUT2D eigenvalue weighted by Crippen LogP contribution is -2.48. The molecule has 1 atom stereocenters. The number of carbonyl (C=O) groups is 2. The molecule has 1 aliphatic rings. The highest BCUT2D eigenvalue weighted by Gasteiger charge is 2.44. The molecule has 0 amide bonds. The van der Waals surface area contributed by atoms with E-state index in [-0.39, 0.29) is 34.7 Å². The molecule has 136 valence electrons. The van der Waals surface area contributed by atoms with E-state index in [9.17, 15) is 23.9 Å². The third-order valence-corrected chi connectivity index (χ3v) is 4.94. The lowest BCUT2D eigenvalue weighted by Gasteiger charge is -2.25. The Hall–Kier alpha value is -2.20. The zero-order valence-corrected chi connectivity index (χ0v) is 15.0. The molecule has 0 saturated heterocycles. The van der Waals surface area contributed by atoms with Crippen LogP contribution in [0.25, 0.3) is 0 Å². The van der Waals surface area contributed by atoms with Crippen molar-refractivity contribution < 1.29 is 28.2 Å². The molecular formula is C14H15ClN2O7S. The zero-order valence-electron chi connectivity index (χ0n) is 13.4. The summed E-state index contributed by atoms with van der Waals surface area (Å²) in [6.45, 7) is 3.18. The van der Waals surface area contributed by atoms with Gasteiger partial charge in [-0.15, -0.1) is 0 Å². The van der Waals surface area contributed by atoms with Crippen LogP contribution in [0.5, 0.6) is 0 Å². The van der Waals surface area contributed by atoms with Crippen molar-refractivity contribution in [2.24, 2.45) is 0 Å². The molecule has 1 unspecified atom stereocenters. The number of rotatable bonds is 6. The number of esters is 2. The number of hydrogen-bond acceptors (Lipinski definition) is 8. The van der Waals surface area contributed by atoms with Crippen molar-refractivity contribution >= 4 is 45.7 Å². The molecular weight excluding hydrogens is 376 g/mol. The number of hydrogen-bond donors (Lipinski definition) is 0. The summed E-state index contributed by atoms with van der Waals surface area (Å²) in [5.41, 5.74) is -0.363. The zero-order chi connectivity index (χ0) is 18.7. The largest absolute Gasteiger partial charge is 0.464 e. The molecule has 0 aliphatic carbocycles. The van der Waals surface area contributed by atoms with Gasteiger partial charge in [0.05, 0.1) is 34.6 Å². The van der Waals surface area contributed by atoms with E-state index in [4.69, 9.17) is 21.1 Å². The minimum Gasteiger partial charge on any atom is -0.464 e. The molecule has 1 aliphatic heterocycles. The molecule has 0 N–H and O–H groups in total. The first-order valence-electron chi connectivity index (χ1n) is 7.28. The molecule has 0 saturated carbocycles. The molecule has 2 rings (SSSR count). The second-order valence-electron chi connectivity index (χ2n) is 4.88. The highest BCUT2D eigenvalue weighted by atomic mass is 35.5. The van der Waals surface area contributed by atoms with Gasteiger partial charge in [-0.25, -0.2) is 9.59 Å². The number of anilines is 1. The van der Waals surface area contributed by atoms with Crippen molar-refractivity contribution in [2.45, 2.75) is 24.8 Å². The number of halogens is 1. The summed E-state index contributed by atoms with van der Waals surface area (Å²) >= 11 is 5.91. The standard InChI is InChI=1S/C14H15ClN2O7S/c1-3-23-13(18)11(14(19)24-4-2)16-7-25(22)12-9(16)5-8(15)6-10(12)17(20)21/h5-6,11H,3-4,7H2,1-2H3. The van der Waals surface area contributed by atoms with Crippen LogP contribution in [0.2, 0.25) is 5.02 Å². The van der Waals surface area contributed by atoms with Gasteiger partial charge in [0.15, 0.2) is 0 Å². The number of nitro benzene ring substituents is 1. The molecule has 0 bridgehead atoms. The number of benzene rings is 1. The van der Waals surface area contributed by atoms with E-state index in [1.165, 1.54) is 11.0 Å². The average Bonchev–Trinajstić information content (AvgIpc) is 2.84. The number of nitro groups is 1. The minimum atomic E-state index is -1.82. The van der Waals surface area contributed by atoms with Gasteiger partial charge in [-0.3, -0.25) is 14.3 Å². The van der Waals surface area contributed by atoms with Gasteiger partial charge in [-0.05, 0) is 19.9 Å². The quantitative estimate of drug-likeness (QED) is 0.311. The van der Waals surface area contributed by atoms with Gasteiger partial charge in [-0.2, -0.15) is 0 Å². The topological polar surface area (TPSA) is 116 Å². The van der Waals surface area contributed by atoms with Crippen molar-refractivity contribution in [1.29, 1.82) is 0 Å². The van der Waals surface area contributed by atoms with Crippen molar-refractivity contribution in [3.8, 4) is 0 Å². The normalized spacial score (nSPS) is 15.8. The SMILES string of the molecule is CCOC(=O)C(C(=O)OCC)N1CS(=O)c2c1cc(Cl)cc2[N+](=O)[O-]. The van der Waals surface area contributed by atoms with E-state index >= 15 is 0 Å². The van der Waals surface area contributed by atoms with Gasteiger partial charge in [0.25, 0.3) is 5.69 Å². The highest BCUT2D eigenvalue weighted by molar-refractivity contribution is 7.85. The van der Waals surface area contributed by atoms with Gasteiger partial charge in [-0.1, -0.05) is 11.6 Å². The first kappa shape index (κ1) is 19.1. The van der Waals surface area contributed by atoms with Crippen molar-refractivity contribution in [1.82, 2.24) is 0 Å². The van der Waals surface area contributed by atoms with Crippen LogP contribution in [0.3, 0.4) is 0 Å². The summed E-state index contributed by atoms with van der Waals surface area (Å²) in [5, 5.41) is 11.2. The lowest BCUT2D eigenvalue weighted by molar-refractivity contribution is -0.387. The monoisotopic (exact) mass is 390 g/mol. The van der Waals surface area contributed by atoms with Crippen LogP contribution in [0.4, 0.5) is 11.4 Å². The second kappa shape index (κ2) is 7.79. The molecule has 0 radical (unpaired) electrons. The maximum atomic E-state index is 12.4. The fraction of sp³-hybridized carbons (Fsp3) is 0.429. The maximum Gasteiger partial charge on any atom is 0.340 e. The second-order valence-corrected chi connectivity index (χ2v) is 6.68. The third kappa shape index (κ3) is 3.74. The highest BCUT2D eigenvalue weighted by Crippen LogP contribution is 2.41. The van der Waals surface area contributed by atoms with Gasteiger partial charge in [0.1, 0.15) is 10.8 Å². The van der Waals surface area contributed by atoms with Gasteiger partial charge < -0.3 is 14.4 Å². The molecule has 1 heterocycles. The van der Waals surface area contributed by atoms with Gasteiger partial charge in [0, 0.05) is 11.1 Å². The Morgan fingerprint density at radius 3 is 2.36 bits per heavy atom. The maximum absolute atomic E-state index is 12.4. The summed E-state index contributed by atoms with van der Waals surface area (Å²) in [5.74, 6) is -2.08. The van der Waals surface area contributed by atoms with Crippen LogP contribution < -0.4 is 4.90 Å². The Balaban J connectivity index is 2.56. The number of nitrogens with zero attached hydrogens (tertiary/aromatic N) is 2. The van der Waals surface area contributed by atoms with Crippen LogP contribution in [0.15, 0.2) is 17.0 Å². The van der Waals surface area contributed by atoms with E-state index in [1.54, 1.807) is 13.8 Å². The van der Waals surface area contributed by atoms with Crippen molar-refractivity contribution in [2.75, 3.05) is 24.0 Å². The first-order chi connectivity index (χ1) is 11.8. The number of ether oxygens (including phenoxy) is 2. The molecule has 0 fully saturated rings. The van der Waals surface area contributed by atoms with Crippen LogP contribution in [0, 0.1) is 10.1 Å². The third-order valence-electron chi connectivity index (χ3n) is 3.34. The summed E-state index contributed by atoms with van der Waals surface area (Å²) in [6.07, 6.45) is 0. The number of carbonyl (C=O) groups excluding carboxylic acids is 2. The molecule has 1 aromatic carbocycles. The van der Waals surface area contributed by atoms with E-state index in [0.717, 1.165) is 6.07 Å². The van der Waals surface area contributed by atoms with E-state index < -0.39 is 39.4 Å². The molecule has 25 heavy (non-hydrogen) atoms. The summed E-state index contributed by atoms with van der Waals surface area (Å²) in [7, 11) is -1.82. The van der Waals surface area contributed by atoms with Crippen molar-refractivity contribution in [3.05, 3.63) is 27.3 Å². The van der Waals surface area contributed by atoms with E-state index in [2.05, 4.69) is 0 Å². The Morgan fingerprint density at radius 2 is 1.88 bits per heavy atom. The van der Waals surface area contributed by atoms with Crippen LogP contribution >= 0.6 is 11.6 Å². The summed E-state index contributed by atoms with van der Waals surface area (Å²) in [6, 6.07) is 0.870. The van der Waals surface area contributed by atoms with Gasteiger partial charge in [0.2, 0.25) is 6.04 Å². The first-order valence-corrected chi connectivity index (χ1v) is 8.97. The molecule has 9 nitrogen and oxygen atoms in total. The lowest BCUT2D eigenvalue weighted by atomic mass is 10.2. The summed E-state index contributed by atoms with van der Waals surface area (Å²) in [4.78, 5) is 36.1. The average molecular weight is 391 g/mol. The minimum absolute atomic E-state index is 0.0146. The molecule has 0 aromatic heterocycles.